The number of aryl methyl sites for hydroxylation is 1. The molecule has 2 unspecified atom stereocenters. The van der Waals surface area contributed by atoms with Crippen LogP contribution in [0, 0.1) is 17.6 Å². The van der Waals surface area contributed by atoms with Crippen LogP contribution in [0.5, 0.6) is 0 Å². The molecule has 3 nitrogen and oxygen atoms in total. The van der Waals surface area contributed by atoms with Gasteiger partial charge in [-0.15, -0.1) is 0 Å². The van der Waals surface area contributed by atoms with Crippen LogP contribution in [-0.2, 0) is 11.2 Å². The Morgan fingerprint density at radius 3 is 2.81 bits per heavy atom. The molecule has 1 saturated carbocycles. The molecule has 0 heterocycles. The summed E-state index contributed by atoms with van der Waals surface area (Å²) in [6, 6.07) is 3.69. The summed E-state index contributed by atoms with van der Waals surface area (Å²) in [5.41, 5.74) is 0.608. The zero-order chi connectivity index (χ0) is 15.2. The number of hydrogen-bond acceptors (Lipinski definition) is 2. The Morgan fingerprint density at radius 1 is 1.29 bits per heavy atom. The summed E-state index contributed by atoms with van der Waals surface area (Å²) in [6.07, 6.45) is 4.00. The van der Waals surface area contributed by atoms with E-state index >= 15 is 0 Å². The van der Waals surface area contributed by atoms with Gasteiger partial charge in [0.2, 0.25) is 5.91 Å². The van der Waals surface area contributed by atoms with Crippen LogP contribution in [0.2, 0.25) is 0 Å². The molecule has 0 spiro atoms. The number of amides is 1. The predicted octanol–water partition coefficient (Wildman–Crippen LogP) is 2.56. The molecule has 21 heavy (non-hydrogen) atoms. The number of aliphatic hydroxyl groups is 1. The number of carbonyl (C=O) groups is 1. The first-order chi connectivity index (χ1) is 10.0. The zero-order valence-corrected chi connectivity index (χ0v) is 11.9. The minimum Gasteiger partial charge on any atom is -0.393 e. The maximum Gasteiger partial charge on any atom is 0.220 e. The van der Waals surface area contributed by atoms with Crippen LogP contribution in [0.25, 0.3) is 0 Å². The van der Waals surface area contributed by atoms with E-state index in [9.17, 15) is 18.7 Å². The summed E-state index contributed by atoms with van der Waals surface area (Å²) in [7, 11) is 0. The number of carbonyl (C=O) groups excluding carboxylic acids is 1. The minimum absolute atomic E-state index is 0.0974. The molecule has 0 aliphatic heterocycles. The SMILES string of the molecule is O=C(CCc1ccc(F)c(F)c1)NCC1CCCC(O)C1. The molecule has 0 aromatic heterocycles. The first-order valence-electron chi connectivity index (χ1n) is 7.43. The van der Waals surface area contributed by atoms with Gasteiger partial charge in [0.1, 0.15) is 0 Å². The van der Waals surface area contributed by atoms with E-state index in [0.29, 0.717) is 24.4 Å². The summed E-state index contributed by atoms with van der Waals surface area (Å²) in [5.74, 6) is -1.52. The van der Waals surface area contributed by atoms with E-state index in [-0.39, 0.29) is 18.4 Å². The Balaban J connectivity index is 1.70. The van der Waals surface area contributed by atoms with E-state index in [4.69, 9.17) is 0 Å². The first-order valence-corrected chi connectivity index (χ1v) is 7.43. The molecule has 1 amide bonds. The number of halogens is 2. The smallest absolute Gasteiger partial charge is 0.220 e. The summed E-state index contributed by atoms with van der Waals surface area (Å²) < 4.78 is 25.8. The van der Waals surface area contributed by atoms with Crippen LogP contribution in [0.15, 0.2) is 18.2 Å². The van der Waals surface area contributed by atoms with Crippen molar-refractivity contribution >= 4 is 5.91 Å². The summed E-state index contributed by atoms with van der Waals surface area (Å²) >= 11 is 0. The van der Waals surface area contributed by atoms with E-state index in [1.807, 2.05) is 0 Å². The van der Waals surface area contributed by atoms with E-state index in [0.717, 1.165) is 37.8 Å². The largest absolute Gasteiger partial charge is 0.393 e. The van der Waals surface area contributed by atoms with Gasteiger partial charge in [0.05, 0.1) is 6.10 Å². The van der Waals surface area contributed by atoms with Crippen LogP contribution in [0.3, 0.4) is 0 Å². The summed E-state index contributed by atoms with van der Waals surface area (Å²) in [4.78, 5) is 11.8. The molecular formula is C16H21F2NO2. The van der Waals surface area contributed by atoms with Crippen molar-refractivity contribution in [3.63, 3.8) is 0 Å². The third-order valence-corrected chi connectivity index (χ3v) is 3.97. The second-order valence-corrected chi connectivity index (χ2v) is 5.74. The number of rotatable bonds is 5. The van der Waals surface area contributed by atoms with Crippen LogP contribution in [0.4, 0.5) is 8.78 Å². The Bertz CT molecular complexity index is 493. The fraction of sp³-hybridized carbons (Fsp3) is 0.562. The Hall–Kier alpha value is -1.49. The number of nitrogens with one attached hydrogen (secondary N) is 1. The highest BCUT2D eigenvalue weighted by molar-refractivity contribution is 5.76. The number of benzene rings is 1. The molecular weight excluding hydrogens is 276 g/mol. The van der Waals surface area contributed by atoms with Crippen LogP contribution in [-0.4, -0.2) is 23.7 Å². The molecule has 1 aliphatic rings. The molecule has 1 aromatic carbocycles. The fourth-order valence-electron chi connectivity index (χ4n) is 2.75. The van der Waals surface area contributed by atoms with Crippen LogP contribution < -0.4 is 5.32 Å². The molecule has 116 valence electrons. The molecule has 1 fully saturated rings. The molecule has 2 atom stereocenters. The van der Waals surface area contributed by atoms with E-state index in [1.165, 1.54) is 6.07 Å². The second-order valence-electron chi connectivity index (χ2n) is 5.74. The Morgan fingerprint density at radius 2 is 2.10 bits per heavy atom. The average Bonchev–Trinajstić information content (AvgIpc) is 2.46. The lowest BCUT2D eigenvalue weighted by atomic mass is 9.87. The van der Waals surface area contributed by atoms with Crippen molar-refractivity contribution in [3.8, 4) is 0 Å². The third-order valence-electron chi connectivity index (χ3n) is 3.97. The fourth-order valence-corrected chi connectivity index (χ4v) is 2.75. The first kappa shape index (κ1) is 15.9. The van der Waals surface area contributed by atoms with Gasteiger partial charge in [-0.25, -0.2) is 8.78 Å². The normalized spacial score (nSPS) is 22.0. The highest BCUT2D eigenvalue weighted by Gasteiger charge is 2.20. The maximum atomic E-state index is 13.0. The van der Waals surface area contributed by atoms with Crippen LogP contribution in [0.1, 0.15) is 37.7 Å². The van der Waals surface area contributed by atoms with Gasteiger partial charge in [0.25, 0.3) is 0 Å². The number of aliphatic hydroxyl groups excluding tert-OH is 1. The van der Waals surface area contributed by atoms with Gasteiger partial charge in [-0.05, 0) is 49.3 Å². The predicted molar refractivity (Wildman–Crippen MR) is 75.7 cm³/mol. The van der Waals surface area contributed by atoms with E-state index in [1.54, 1.807) is 0 Å². The topological polar surface area (TPSA) is 49.3 Å². The molecule has 0 bridgehead atoms. The molecule has 0 radical (unpaired) electrons. The lowest BCUT2D eigenvalue weighted by Crippen LogP contribution is -2.33. The standard InChI is InChI=1S/C16H21F2NO2/c17-14-6-4-11(9-15(14)18)5-7-16(21)19-10-12-2-1-3-13(20)8-12/h4,6,9,12-13,20H,1-3,5,7-8,10H2,(H,19,21). The molecule has 1 aliphatic carbocycles. The Kier molecular flexibility index (Phi) is 5.67. The molecule has 5 heteroatoms. The zero-order valence-electron chi connectivity index (χ0n) is 11.9. The van der Waals surface area contributed by atoms with Crippen LogP contribution >= 0.6 is 0 Å². The Labute approximate surface area is 123 Å². The van der Waals surface area contributed by atoms with Crippen molar-refractivity contribution in [2.45, 2.75) is 44.6 Å². The van der Waals surface area contributed by atoms with Crippen molar-refractivity contribution in [2.24, 2.45) is 5.92 Å². The van der Waals surface area contributed by atoms with Gasteiger partial charge in [0.15, 0.2) is 11.6 Å². The van der Waals surface area contributed by atoms with Gasteiger partial charge < -0.3 is 10.4 Å². The summed E-state index contributed by atoms with van der Waals surface area (Å²) in [5, 5.41) is 12.4. The van der Waals surface area contributed by atoms with Gasteiger partial charge in [-0.1, -0.05) is 12.5 Å². The van der Waals surface area contributed by atoms with Gasteiger partial charge >= 0.3 is 0 Å². The highest BCUT2D eigenvalue weighted by Crippen LogP contribution is 2.23. The van der Waals surface area contributed by atoms with E-state index in [2.05, 4.69) is 5.32 Å². The van der Waals surface area contributed by atoms with E-state index < -0.39 is 11.6 Å². The molecule has 2 N–H and O–H groups in total. The third kappa shape index (κ3) is 5.08. The molecule has 2 rings (SSSR count). The van der Waals surface area contributed by atoms with Gasteiger partial charge in [0, 0.05) is 13.0 Å². The lowest BCUT2D eigenvalue weighted by Gasteiger charge is -2.25. The van der Waals surface area contributed by atoms with Crippen molar-refractivity contribution in [1.29, 1.82) is 0 Å². The van der Waals surface area contributed by atoms with Crippen molar-refractivity contribution in [2.75, 3.05) is 6.54 Å². The monoisotopic (exact) mass is 297 g/mol. The van der Waals surface area contributed by atoms with Crippen molar-refractivity contribution in [3.05, 3.63) is 35.4 Å². The second kappa shape index (κ2) is 7.50. The highest BCUT2D eigenvalue weighted by atomic mass is 19.2. The quantitative estimate of drug-likeness (QED) is 0.877. The maximum absolute atomic E-state index is 13.0. The van der Waals surface area contributed by atoms with Crippen molar-refractivity contribution in [1.82, 2.24) is 5.32 Å². The number of hydrogen-bond donors (Lipinski definition) is 2. The lowest BCUT2D eigenvalue weighted by molar-refractivity contribution is -0.121. The van der Waals surface area contributed by atoms with Crippen molar-refractivity contribution < 1.29 is 18.7 Å². The summed E-state index contributed by atoms with van der Waals surface area (Å²) in [6.45, 7) is 0.577. The molecule has 1 aromatic rings. The molecule has 0 saturated heterocycles. The van der Waals surface area contributed by atoms with Gasteiger partial charge in [-0.3, -0.25) is 4.79 Å². The average molecular weight is 297 g/mol. The van der Waals surface area contributed by atoms with Gasteiger partial charge in [-0.2, -0.15) is 0 Å². The minimum atomic E-state index is -0.885.